The van der Waals surface area contributed by atoms with Gasteiger partial charge in [-0.3, -0.25) is 4.79 Å². The smallest absolute Gasteiger partial charge is 0.471 e. The van der Waals surface area contributed by atoms with Crippen LogP contribution in [0.1, 0.15) is 11.1 Å². The lowest BCUT2D eigenvalue weighted by atomic mass is 9.98. The molecule has 0 unspecified atom stereocenters. The monoisotopic (exact) mass is 390 g/mol. The number of carbonyl (C=O) groups is 2. The molecule has 1 heterocycles. The molecule has 3 rings (SSSR count). The van der Waals surface area contributed by atoms with E-state index in [-0.39, 0.29) is 6.42 Å². The van der Waals surface area contributed by atoms with Crippen molar-refractivity contribution in [3.05, 3.63) is 59.7 Å². The molecule has 0 fully saturated rings. The highest BCUT2D eigenvalue weighted by Gasteiger charge is 2.41. The van der Waals surface area contributed by atoms with Crippen LogP contribution in [0.5, 0.6) is 0 Å². The van der Waals surface area contributed by atoms with Crippen LogP contribution in [0.2, 0.25) is 0 Å². The van der Waals surface area contributed by atoms with Crippen molar-refractivity contribution in [3.8, 4) is 11.3 Å². The SMILES string of the molecule is Cc1ccc(-c2[nH]c3ccccc3c2C[C@H](NC(=O)C(F)(F)F)C(=O)O)cc1. The van der Waals surface area contributed by atoms with Gasteiger partial charge in [-0.25, -0.2) is 4.79 Å². The van der Waals surface area contributed by atoms with Crippen molar-refractivity contribution < 1.29 is 27.9 Å². The molecule has 1 amide bonds. The minimum absolute atomic E-state index is 0.301. The number of carbonyl (C=O) groups excluding carboxylic acids is 1. The zero-order valence-electron chi connectivity index (χ0n) is 14.8. The molecule has 0 aliphatic heterocycles. The number of carboxylic acids is 1. The lowest BCUT2D eigenvalue weighted by Gasteiger charge is -2.16. The molecule has 0 radical (unpaired) electrons. The van der Waals surface area contributed by atoms with Gasteiger partial charge in [0.1, 0.15) is 6.04 Å². The Hall–Kier alpha value is -3.29. The summed E-state index contributed by atoms with van der Waals surface area (Å²) < 4.78 is 37.7. The molecule has 2 aromatic carbocycles. The predicted molar refractivity (Wildman–Crippen MR) is 97.8 cm³/mol. The Labute approximate surface area is 158 Å². The number of carboxylic acid groups (broad SMARTS) is 1. The lowest BCUT2D eigenvalue weighted by molar-refractivity contribution is -0.175. The van der Waals surface area contributed by atoms with Gasteiger partial charge >= 0.3 is 18.1 Å². The van der Waals surface area contributed by atoms with Crippen LogP contribution in [-0.4, -0.2) is 34.2 Å². The highest BCUT2D eigenvalue weighted by Crippen LogP contribution is 2.31. The third-order valence-electron chi connectivity index (χ3n) is 4.42. The van der Waals surface area contributed by atoms with Gasteiger partial charge in [0, 0.05) is 23.0 Å². The number of fused-ring (bicyclic) bond motifs is 1. The van der Waals surface area contributed by atoms with E-state index in [1.807, 2.05) is 31.2 Å². The number of aromatic amines is 1. The number of benzene rings is 2. The number of aryl methyl sites for hydroxylation is 1. The lowest BCUT2D eigenvalue weighted by Crippen LogP contribution is -2.47. The van der Waals surface area contributed by atoms with E-state index in [0.29, 0.717) is 16.6 Å². The highest BCUT2D eigenvalue weighted by atomic mass is 19.4. The van der Waals surface area contributed by atoms with Crippen molar-refractivity contribution in [1.29, 1.82) is 0 Å². The average molecular weight is 390 g/mol. The van der Waals surface area contributed by atoms with E-state index < -0.39 is 24.1 Å². The van der Waals surface area contributed by atoms with E-state index >= 15 is 0 Å². The molecular formula is C20H17F3N2O3. The molecule has 5 nitrogen and oxygen atoms in total. The Morgan fingerprint density at radius 1 is 1.11 bits per heavy atom. The number of rotatable bonds is 5. The first kappa shape index (κ1) is 19.5. The zero-order valence-corrected chi connectivity index (χ0v) is 14.8. The van der Waals surface area contributed by atoms with Gasteiger partial charge in [-0.2, -0.15) is 13.2 Å². The van der Waals surface area contributed by atoms with E-state index in [0.717, 1.165) is 16.6 Å². The molecule has 28 heavy (non-hydrogen) atoms. The van der Waals surface area contributed by atoms with Crippen LogP contribution in [0, 0.1) is 6.92 Å². The molecule has 0 saturated carbocycles. The zero-order chi connectivity index (χ0) is 20.5. The normalized spacial score (nSPS) is 12.7. The van der Waals surface area contributed by atoms with Gasteiger partial charge in [0.15, 0.2) is 0 Å². The fourth-order valence-corrected chi connectivity index (χ4v) is 3.02. The minimum Gasteiger partial charge on any atom is -0.480 e. The van der Waals surface area contributed by atoms with Gasteiger partial charge in [0.05, 0.1) is 0 Å². The summed E-state index contributed by atoms with van der Waals surface area (Å²) in [6.07, 6.45) is -5.46. The number of alkyl halides is 3. The van der Waals surface area contributed by atoms with Crippen LogP contribution in [-0.2, 0) is 16.0 Å². The Kier molecular flexibility index (Phi) is 5.13. The van der Waals surface area contributed by atoms with E-state index in [9.17, 15) is 27.9 Å². The van der Waals surface area contributed by atoms with Gasteiger partial charge in [-0.15, -0.1) is 0 Å². The number of halogens is 3. The fraction of sp³-hybridized carbons (Fsp3) is 0.200. The first-order chi connectivity index (χ1) is 13.2. The molecular weight excluding hydrogens is 373 g/mol. The summed E-state index contributed by atoms with van der Waals surface area (Å²) in [4.78, 5) is 26.0. The minimum atomic E-state index is -5.16. The predicted octanol–water partition coefficient (Wildman–Crippen LogP) is 3.82. The second-order valence-corrected chi connectivity index (χ2v) is 6.46. The van der Waals surface area contributed by atoms with E-state index in [1.165, 1.54) is 0 Å². The van der Waals surface area contributed by atoms with Crippen LogP contribution in [0.3, 0.4) is 0 Å². The second-order valence-electron chi connectivity index (χ2n) is 6.46. The summed E-state index contributed by atoms with van der Waals surface area (Å²) in [6, 6.07) is 12.8. The second kappa shape index (κ2) is 7.38. The Morgan fingerprint density at radius 3 is 2.36 bits per heavy atom. The number of hydrogen-bond acceptors (Lipinski definition) is 2. The fourth-order valence-electron chi connectivity index (χ4n) is 3.02. The van der Waals surface area contributed by atoms with Crippen molar-refractivity contribution >= 4 is 22.8 Å². The van der Waals surface area contributed by atoms with Gasteiger partial charge in [-0.05, 0) is 24.1 Å². The molecule has 3 N–H and O–H groups in total. The summed E-state index contributed by atoms with van der Waals surface area (Å²) in [5.41, 5.74) is 3.65. The van der Waals surface area contributed by atoms with Crippen LogP contribution < -0.4 is 5.32 Å². The maximum atomic E-state index is 12.6. The van der Waals surface area contributed by atoms with Crippen LogP contribution in [0.25, 0.3) is 22.2 Å². The molecule has 8 heteroatoms. The summed E-state index contributed by atoms with van der Waals surface area (Å²) in [5, 5.41) is 11.6. The standard InChI is InChI=1S/C20H17F3N2O3/c1-11-6-8-12(9-7-11)17-14(13-4-2-3-5-15(13)24-17)10-16(18(26)27)25-19(28)20(21,22)23/h2-9,16,24H,10H2,1H3,(H,25,28)(H,26,27)/t16-/m0/s1. The van der Waals surface area contributed by atoms with Crippen molar-refractivity contribution in [3.63, 3.8) is 0 Å². The van der Waals surface area contributed by atoms with Gasteiger partial charge in [0.25, 0.3) is 0 Å². The average Bonchev–Trinajstić information content (AvgIpc) is 2.99. The van der Waals surface area contributed by atoms with Crippen molar-refractivity contribution in [2.75, 3.05) is 0 Å². The Morgan fingerprint density at radius 2 is 1.75 bits per heavy atom. The maximum Gasteiger partial charge on any atom is 0.471 e. The van der Waals surface area contributed by atoms with Gasteiger partial charge in [-0.1, -0.05) is 48.0 Å². The largest absolute Gasteiger partial charge is 0.480 e. The summed E-state index contributed by atoms with van der Waals surface area (Å²) in [5.74, 6) is -3.82. The molecule has 0 bridgehead atoms. The topological polar surface area (TPSA) is 82.2 Å². The van der Waals surface area contributed by atoms with E-state index in [2.05, 4.69) is 4.98 Å². The third-order valence-corrected chi connectivity index (χ3v) is 4.42. The summed E-state index contributed by atoms with van der Waals surface area (Å²) in [6.45, 7) is 1.92. The van der Waals surface area contributed by atoms with Gasteiger partial charge < -0.3 is 15.4 Å². The number of aromatic nitrogens is 1. The van der Waals surface area contributed by atoms with Crippen molar-refractivity contribution in [1.82, 2.24) is 10.3 Å². The summed E-state index contributed by atoms with van der Waals surface area (Å²) >= 11 is 0. The molecule has 0 spiro atoms. The van der Waals surface area contributed by atoms with Gasteiger partial charge in [0.2, 0.25) is 0 Å². The first-order valence-electron chi connectivity index (χ1n) is 8.44. The van der Waals surface area contributed by atoms with Crippen LogP contribution in [0.4, 0.5) is 13.2 Å². The number of para-hydroxylation sites is 1. The maximum absolute atomic E-state index is 12.6. The number of H-pyrrole nitrogens is 1. The molecule has 0 aliphatic carbocycles. The van der Waals surface area contributed by atoms with Crippen LogP contribution in [0.15, 0.2) is 48.5 Å². The molecule has 3 aromatic rings. The molecule has 1 atom stereocenters. The number of nitrogens with one attached hydrogen (secondary N) is 2. The van der Waals surface area contributed by atoms with Crippen molar-refractivity contribution in [2.24, 2.45) is 0 Å². The van der Waals surface area contributed by atoms with Crippen molar-refractivity contribution in [2.45, 2.75) is 25.6 Å². The molecule has 0 saturated heterocycles. The molecule has 1 aromatic heterocycles. The summed E-state index contributed by atoms with van der Waals surface area (Å²) in [7, 11) is 0. The van der Waals surface area contributed by atoms with E-state index in [1.54, 1.807) is 29.6 Å². The first-order valence-corrected chi connectivity index (χ1v) is 8.44. The Balaban J connectivity index is 2.05. The highest BCUT2D eigenvalue weighted by molar-refractivity contribution is 5.92. The molecule has 0 aliphatic rings. The van der Waals surface area contributed by atoms with E-state index in [4.69, 9.17) is 0 Å². The number of hydrogen-bond donors (Lipinski definition) is 3. The Bertz CT molecular complexity index is 1020. The number of amides is 1. The third kappa shape index (κ3) is 4.00. The molecule has 146 valence electrons. The van der Waals surface area contributed by atoms with Crippen LogP contribution >= 0.6 is 0 Å². The number of aliphatic carboxylic acids is 1. The quantitative estimate of drug-likeness (QED) is 0.620.